The Bertz CT molecular complexity index is 910. The summed E-state index contributed by atoms with van der Waals surface area (Å²) >= 11 is 0. The Morgan fingerprint density at radius 3 is 1.36 bits per heavy atom. The molecule has 0 N–H and O–H groups in total. The lowest BCUT2D eigenvalue weighted by molar-refractivity contribution is 0.428. The van der Waals surface area contributed by atoms with Crippen molar-refractivity contribution < 1.29 is 0 Å². The minimum atomic E-state index is 0.915. The van der Waals surface area contributed by atoms with Gasteiger partial charge in [0.2, 0.25) is 0 Å². The highest BCUT2D eigenvalue weighted by Crippen LogP contribution is 2.35. The van der Waals surface area contributed by atoms with Gasteiger partial charge in [0.15, 0.2) is 0 Å². The summed E-state index contributed by atoms with van der Waals surface area (Å²) in [5.41, 5.74) is 8.62. The van der Waals surface area contributed by atoms with Crippen molar-refractivity contribution in [3.05, 3.63) is 71.8 Å². The topological polar surface area (TPSA) is 0 Å². The lowest BCUT2D eigenvalue weighted by Gasteiger charge is -2.22. The van der Waals surface area contributed by atoms with Crippen molar-refractivity contribution >= 4 is 11.1 Å². The number of hydrogen-bond acceptors (Lipinski definition) is 0. The van der Waals surface area contributed by atoms with Gasteiger partial charge in [0.1, 0.15) is 0 Å². The van der Waals surface area contributed by atoms with Crippen LogP contribution in [0.25, 0.3) is 22.3 Å². The van der Waals surface area contributed by atoms with Crippen LogP contribution in [0, 0.1) is 11.8 Å². The quantitative estimate of drug-likeness (QED) is 0.322. The number of benzene rings is 2. The summed E-state index contributed by atoms with van der Waals surface area (Å²) in [7, 11) is 0. The maximum absolute atomic E-state index is 2.52. The fourth-order valence-electron chi connectivity index (χ4n) is 5.76. The molecule has 0 amide bonds. The van der Waals surface area contributed by atoms with Crippen LogP contribution < -0.4 is 0 Å². The first-order chi connectivity index (χ1) is 16.3. The van der Waals surface area contributed by atoms with Crippen molar-refractivity contribution in [3.8, 4) is 11.1 Å². The highest BCUT2D eigenvalue weighted by Gasteiger charge is 2.16. The van der Waals surface area contributed by atoms with Gasteiger partial charge in [-0.3, -0.25) is 0 Å². The Hall–Kier alpha value is -2.08. The van der Waals surface area contributed by atoms with Gasteiger partial charge < -0.3 is 0 Å². The van der Waals surface area contributed by atoms with E-state index in [-0.39, 0.29) is 0 Å². The molecule has 4 rings (SSSR count). The number of unbranched alkanes of at least 4 members (excludes halogenated alkanes) is 3. The maximum atomic E-state index is 2.52. The second-order valence-electron chi connectivity index (χ2n) is 10.5. The van der Waals surface area contributed by atoms with Crippen molar-refractivity contribution in [3.63, 3.8) is 0 Å². The van der Waals surface area contributed by atoms with E-state index in [1.54, 1.807) is 11.1 Å². The molecule has 176 valence electrons. The van der Waals surface area contributed by atoms with Gasteiger partial charge in [-0.2, -0.15) is 0 Å². The standard InChI is InChI=1S/C33H44/c1-3-5-7-9-27-12-16-29(17-13-27)31-20-24-33(25-21-31)32-22-18-30(19-23-32)28-14-10-26(11-15-28)8-6-4-2/h14,16,18-27H,3-13,15,17H2,1-2H3. The number of rotatable bonds is 10. The average Bonchev–Trinajstić information content (AvgIpc) is 2.89. The molecule has 2 aromatic rings. The highest BCUT2D eigenvalue weighted by molar-refractivity contribution is 5.73. The molecule has 0 aliphatic heterocycles. The van der Waals surface area contributed by atoms with Crippen molar-refractivity contribution in [1.82, 2.24) is 0 Å². The van der Waals surface area contributed by atoms with Gasteiger partial charge in [0, 0.05) is 0 Å². The third kappa shape index (κ3) is 6.72. The van der Waals surface area contributed by atoms with Crippen LogP contribution >= 0.6 is 0 Å². The minimum absolute atomic E-state index is 0.915. The highest BCUT2D eigenvalue weighted by atomic mass is 14.2. The predicted molar refractivity (Wildman–Crippen MR) is 146 cm³/mol. The van der Waals surface area contributed by atoms with Gasteiger partial charge in [-0.1, -0.05) is 119 Å². The lowest BCUT2D eigenvalue weighted by Crippen LogP contribution is -2.05. The first kappa shape index (κ1) is 24.1. The Morgan fingerprint density at radius 1 is 0.545 bits per heavy atom. The van der Waals surface area contributed by atoms with Gasteiger partial charge in [0.05, 0.1) is 0 Å². The average molecular weight is 441 g/mol. The van der Waals surface area contributed by atoms with E-state index in [9.17, 15) is 0 Å². The molecular weight excluding hydrogens is 396 g/mol. The van der Waals surface area contributed by atoms with Crippen molar-refractivity contribution in [2.45, 2.75) is 97.3 Å². The van der Waals surface area contributed by atoms with Crippen LogP contribution in [0.3, 0.4) is 0 Å². The van der Waals surface area contributed by atoms with E-state index in [2.05, 4.69) is 74.5 Å². The van der Waals surface area contributed by atoms with E-state index < -0.39 is 0 Å². The molecule has 2 aliphatic carbocycles. The summed E-state index contributed by atoms with van der Waals surface area (Å²) in [6, 6.07) is 18.6. The molecule has 0 fully saturated rings. The number of hydrogen-bond donors (Lipinski definition) is 0. The van der Waals surface area contributed by atoms with Crippen LogP contribution in [0.2, 0.25) is 0 Å². The van der Waals surface area contributed by atoms with Gasteiger partial charge in [0.25, 0.3) is 0 Å². The van der Waals surface area contributed by atoms with Crippen LogP contribution in [-0.2, 0) is 0 Å². The summed E-state index contributed by atoms with van der Waals surface area (Å²) in [5, 5.41) is 0. The zero-order valence-electron chi connectivity index (χ0n) is 21.1. The fraction of sp³-hybridized carbons (Fsp3) is 0.515. The van der Waals surface area contributed by atoms with E-state index in [1.165, 1.54) is 106 Å². The molecule has 0 aromatic heterocycles. The molecule has 0 saturated heterocycles. The summed E-state index contributed by atoms with van der Waals surface area (Å²) < 4.78 is 0. The molecule has 0 saturated carbocycles. The zero-order chi connectivity index (χ0) is 22.9. The van der Waals surface area contributed by atoms with Crippen molar-refractivity contribution in [2.24, 2.45) is 11.8 Å². The van der Waals surface area contributed by atoms with E-state index in [1.807, 2.05) is 0 Å². The second kappa shape index (κ2) is 12.4. The van der Waals surface area contributed by atoms with Crippen LogP contribution in [0.5, 0.6) is 0 Å². The normalized spacial score (nSPS) is 20.9. The minimum Gasteiger partial charge on any atom is -0.0804 e. The molecular formula is C33H44. The second-order valence-corrected chi connectivity index (χ2v) is 10.5. The molecule has 33 heavy (non-hydrogen) atoms. The molecule has 2 aromatic carbocycles. The molecule has 0 bridgehead atoms. The zero-order valence-corrected chi connectivity index (χ0v) is 21.1. The van der Waals surface area contributed by atoms with Crippen LogP contribution in [-0.4, -0.2) is 0 Å². The van der Waals surface area contributed by atoms with Crippen molar-refractivity contribution in [2.75, 3.05) is 0 Å². The maximum Gasteiger partial charge on any atom is -0.0184 e. The molecule has 2 aliphatic rings. The Kier molecular flexibility index (Phi) is 9.04. The fourth-order valence-corrected chi connectivity index (χ4v) is 5.76. The van der Waals surface area contributed by atoms with Crippen LogP contribution in [0.1, 0.15) is 108 Å². The summed E-state index contributed by atoms with van der Waals surface area (Å²) in [6.45, 7) is 4.60. The molecule has 0 radical (unpaired) electrons. The van der Waals surface area contributed by atoms with E-state index in [0.29, 0.717) is 0 Å². The Balaban J connectivity index is 1.34. The molecule has 2 unspecified atom stereocenters. The van der Waals surface area contributed by atoms with Gasteiger partial charge in [-0.15, -0.1) is 0 Å². The Morgan fingerprint density at radius 2 is 0.970 bits per heavy atom. The first-order valence-electron chi connectivity index (χ1n) is 13.9. The van der Waals surface area contributed by atoms with Crippen LogP contribution in [0.15, 0.2) is 60.7 Å². The third-order valence-corrected chi connectivity index (χ3v) is 8.07. The van der Waals surface area contributed by atoms with E-state index in [0.717, 1.165) is 11.8 Å². The summed E-state index contributed by atoms with van der Waals surface area (Å²) in [5.74, 6) is 1.83. The molecule has 2 atom stereocenters. The Labute approximate surface area is 203 Å². The molecule has 0 heteroatoms. The monoisotopic (exact) mass is 440 g/mol. The first-order valence-corrected chi connectivity index (χ1v) is 13.9. The summed E-state index contributed by atoms with van der Waals surface area (Å²) in [6.07, 6.45) is 22.5. The van der Waals surface area contributed by atoms with E-state index >= 15 is 0 Å². The van der Waals surface area contributed by atoms with Crippen LogP contribution in [0.4, 0.5) is 0 Å². The molecule has 0 heterocycles. The van der Waals surface area contributed by atoms with E-state index in [4.69, 9.17) is 0 Å². The number of allylic oxidation sites excluding steroid dienone is 4. The smallest absolute Gasteiger partial charge is 0.0184 e. The molecule has 0 spiro atoms. The van der Waals surface area contributed by atoms with Gasteiger partial charge in [-0.25, -0.2) is 0 Å². The largest absolute Gasteiger partial charge is 0.0804 e. The van der Waals surface area contributed by atoms with Crippen molar-refractivity contribution in [1.29, 1.82) is 0 Å². The van der Waals surface area contributed by atoms with Gasteiger partial charge >= 0.3 is 0 Å². The predicted octanol–water partition coefficient (Wildman–Crippen LogP) is 10.5. The lowest BCUT2D eigenvalue weighted by atomic mass is 9.83. The molecule has 0 nitrogen and oxygen atoms in total. The summed E-state index contributed by atoms with van der Waals surface area (Å²) in [4.78, 5) is 0. The van der Waals surface area contributed by atoms with Gasteiger partial charge in [-0.05, 0) is 83.8 Å². The third-order valence-electron chi connectivity index (χ3n) is 8.07. The SMILES string of the molecule is CCCCCC1CC=C(c2ccc(-c3ccc(C4=CCC(CCCC)CC4)cc3)cc2)CC1.